The van der Waals surface area contributed by atoms with Crippen molar-refractivity contribution in [3.8, 4) is 11.5 Å². The highest BCUT2D eigenvalue weighted by atomic mass is 16.5. The molecule has 4 nitrogen and oxygen atoms in total. The zero-order chi connectivity index (χ0) is 19.6. The number of amides is 1. The molecule has 0 saturated heterocycles. The molecule has 2 aromatic carbocycles. The highest BCUT2D eigenvalue weighted by molar-refractivity contribution is 5.80. The van der Waals surface area contributed by atoms with E-state index in [2.05, 4.69) is 24.4 Å². The monoisotopic (exact) mass is 369 g/mol. The second-order valence-corrected chi connectivity index (χ2v) is 6.88. The van der Waals surface area contributed by atoms with Gasteiger partial charge in [0.05, 0.1) is 6.61 Å². The Balaban J connectivity index is 1.77. The van der Waals surface area contributed by atoms with E-state index in [4.69, 9.17) is 9.47 Å². The van der Waals surface area contributed by atoms with Crippen LogP contribution in [0.1, 0.15) is 43.4 Å². The molecule has 0 heterocycles. The smallest absolute Gasteiger partial charge is 0.260 e. The molecule has 0 unspecified atom stereocenters. The minimum atomic E-state index is -0.522. The van der Waals surface area contributed by atoms with Crippen LogP contribution in [0.15, 0.2) is 42.5 Å². The molecule has 0 aliphatic rings. The highest BCUT2D eigenvalue weighted by Gasteiger charge is 2.15. The first-order chi connectivity index (χ1) is 13.0. The summed E-state index contributed by atoms with van der Waals surface area (Å²) in [5, 5.41) is 2.96. The van der Waals surface area contributed by atoms with Crippen LogP contribution >= 0.6 is 0 Å². The van der Waals surface area contributed by atoms with Gasteiger partial charge in [0.1, 0.15) is 11.5 Å². The Labute approximate surface area is 162 Å². The summed E-state index contributed by atoms with van der Waals surface area (Å²) < 4.78 is 11.6. The maximum Gasteiger partial charge on any atom is 0.260 e. The zero-order valence-electron chi connectivity index (χ0n) is 16.9. The van der Waals surface area contributed by atoms with Crippen molar-refractivity contribution in [2.45, 2.75) is 53.1 Å². The third kappa shape index (κ3) is 6.63. The summed E-state index contributed by atoms with van der Waals surface area (Å²) in [5.74, 6) is 1.60. The van der Waals surface area contributed by atoms with E-state index in [-0.39, 0.29) is 5.91 Å². The Morgan fingerprint density at radius 3 is 2.63 bits per heavy atom. The largest absolute Gasteiger partial charge is 0.493 e. The third-order valence-corrected chi connectivity index (χ3v) is 4.36. The van der Waals surface area contributed by atoms with Gasteiger partial charge in [0.25, 0.3) is 5.91 Å². The van der Waals surface area contributed by atoms with E-state index < -0.39 is 6.10 Å². The van der Waals surface area contributed by atoms with Gasteiger partial charge in [-0.25, -0.2) is 0 Å². The van der Waals surface area contributed by atoms with E-state index in [1.54, 1.807) is 6.92 Å². The van der Waals surface area contributed by atoms with Crippen LogP contribution in [0.3, 0.4) is 0 Å². The van der Waals surface area contributed by atoms with Gasteiger partial charge in [-0.2, -0.15) is 0 Å². The molecular weight excluding hydrogens is 338 g/mol. The van der Waals surface area contributed by atoms with E-state index in [1.807, 2.05) is 44.2 Å². The zero-order valence-corrected chi connectivity index (χ0v) is 16.9. The number of benzene rings is 2. The molecule has 0 aliphatic heterocycles. The van der Waals surface area contributed by atoms with Crippen molar-refractivity contribution in [2.75, 3.05) is 13.2 Å². The number of aryl methyl sites for hydroxylation is 3. The fraction of sp³-hybridized carbons (Fsp3) is 0.435. The van der Waals surface area contributed by atoms with Gasteiger partial charge in [-0.3, -0.25) is 4.79 Å². The summed E-state index contributed by atoms with van der Waals surface area (Å²) in [4.78, 5) is 12.3. The summed E-state index contributed by atoms with van der Waals surface area (Å²) in [6.45, 7) is 9.24. The molecule has 1 N–H and O–H groups in total. The normalized spacial score (nSPS) is 11.7. The number of nitrogens with one attached hydrogen (secondary N) is 1. The summed E-state index contributed by atoms with van der Waals surface area (Å²) in [5.41, 5.74) is 3.40. The van der Waals surface area contributed by atoms with Crippen LogP contribution in [0.4, 0.5) is 0 Å². The summed E-state index contributed by atoms with van der Waals surface area (Å²) in [6, 6.07) is 14.1. The average Bonchev–Trinajstić information content (AvgIpc) is 2.66. The summed E-state index contributed by atoms with van der Waals surface area (Å²) in [6.07, 6.45) is 2.19. The molecular formula is C23H31NO3. The van der Waals surface area contributed by atoms with Crippen molar-refractivity contribution in [2.24, 2.45) is 0 Å². The quantitative estimate of drug-likeness (QED) is 0.622. The van der Waals surface area contributed by atoms with Crippen molar-refractivity contribution < 1.29 is 14.3 Å². The first kappa shape index (κ1) is 20.8. The number of carbonyl (C=O) groups excluding carboxylic acids is 1. The number of hydrogen-bond donors (Lipinski definition) is 1. The van der Waals surface area contributed by atoms with Crippen LogP contribution in [0.2, 0.25) is 0 Å². The van der Waals surface area contributed by atoms with Crippen LogP contribution in [0.25, 0.3) is 0 Å². The predicted octanol–water partition coefficient (Wildman–Crippen LogP) is 4.61. The van der Waals surface area contributed by atoms with Crippen LogP contribution < -0.4 is 14.8 Å². The first-order valence-corrected chi connectivity index (χ1v) is 9.73. The lowest BCUT2D eigenvalue weighted by molar-refractivity contribution is -0.127. The average molecular weight is 370 g/mol. The maximum atomic E-state index is 12.3. The molecule has 0 aromatic heterocycles. The first-order valence-electron chi connectivity index (χ1n) is 9.73. The van der Waals surface area contributed by atoms with Crippen molar-refractivity contribution in [3.63, 3.8) is 0 Å². The molecule has 0 radical (unpaired) electrons. The topological polar surface area (TPSA) is 47.6 Å². The Kier molecular flexibility index (Phi) is 8.18. The molecule has 146 valence electrons. The Morgan fingerprint density at radius 2 is 1.89 bits per heavy atom. The Hall–Kier alpha value is -2.49. The number of rotatable bonds is 10. The number of para-hydroxylation sites is 1. The Morgan fingerprint density at radius 1 is 1.11 bits per heavy atom. The van der Waals surface area contributed by atoms with Crippen LogP contribution in [-0.4, -0.2) is 25.2 Å². The predicted molar refractivity (Wildman–Crippen MR) is 110 cm³/mol. The fourth-order valence-electron chi connectivity index (χ4n) is 2.87. The molecule has 0 aliphatic carbocycles. The van der Waals surface area contributed by atoms with Gasteiger partial charge in [-0.05, 0) is 63.3 Å². The summed E-state index contributed by atoms with van der Waals surface area (Å²) in [7, 11) is 0. The van der Waals surface area contributed by atoms with E-state index in [0.29, 0.717) is 6.54 Å². The second kappa shape index (κ2) is 10.6. The van der Waals surface area contributed by atoms with E-state index in [1.165, 1.54) is 11.1 Å². The van der Waals surface area contributed by atoms with Crippen LogP contribution in [0, 0.1) is 13.8 Å². The van der Waals surface area contributed by atoms with Gasteiger partial charge in [0.2, 0.25) is 0 Å². The second-order valence-electron chi connectivity index (χ2n) is 6.88. The standard InChI is InChI=1S/C23H31NO3/c1-5-15-26-22-11-7-6-9-20(22)10-8-14-24-23(25)19(4)27-21-13-12-17(2)16-18(21)3/h6-7,9,11-13,16,19H,5,8,10,14-15H2,1-4H3,(H,24,25)/t19-/m1/s1. The number of carbonyl (C=O) groups is 1. The van der Waals surface area contributed by atoms with E-state index in [9.17, 15) is 4.79 Å². The molecule has 0 bridgehead atoms. The van der Waals surface area contributed by atoms with Gasteiger partial charge in [0.15, 0.2) is 6.10 Å². The van der Waals surface area contributed by atoms with E-state index >= 15 is 0 Å². The van der Waals surface area contributed by atoms with Crippen LogP contribution in [0.5, 0.6) is 11.5 Å². The van der Waals surface area contributed by atoms with Crippen LogP contribution in [-0.2, 0) is 11.2 Å². The number of ether oxygens (including phenoxy) is 2. The summed E-state index contributed by atoms with van der Waals surface area (Å²) >= 11 is 0. The van der Waals surface area contributed by atoms with Gasteiger partial charge >= 0.3 is 0 Å². The molecule has 0 spiro atoms. The van der Waals surface area contributed by atoms with Crippen molar-refractivity contribution in [1.82, 2.24) is 5.32 Å². The Bertz CT molecular complexity index is 742. The minimum Gasteiger partial charge on any atom is -0.493 e. The number of hydrogen-bond acceptors (Lipinski definition) is 3. The molecule has 1 amide bonds. The molecule has 27 heavy (non-hydrogen) atoms. The fourth-order valence-corrected chi connectivity index (χ4v) is 2.87. The van der Waals surface area contributed by atoms with Gasteiger partial charge in [-0.15, -0.1) is 0 Å². The van der Waals surface area contributed by atoms with Gasteiger partial charge < -0.3 is 14.8 Å². The van der Waals surface area contributed by atoms with E-state index in [0.717, 1.165) is 42.9 Å². The molecule has 2 aromatic rings. The highest BCUT2D eigenvalue weighted by Crippen LogP contribution is 2.21. The minimum absolute atomic E-state index is 0.0921. The molecule has 2 rings (SSSR count). The SMILES string of the molecule is CCCOc1ccccc1CCCNC(=O)[C@@H](C)Oc1ccc(C)cc1C. The third-order valence-electron chi connectivity index (χ3n) is 4.36. The molecule has 1 atom stereocenters. The lowest BCUT2D eigenvalue weighted by atomic mass is 10.1. The van der Waals surface area contributed by atoms with Gasteiger partial charge in [-0.1, -0.05) is 42.8 Å². The lowest BCUT2D eigenvalue weighted by Gasteiger charge is -2.17. The lowest BCUT2D eigenvalue weighted by Crippen LogP contribution is -2.37. The van der Waals surface area contributed by atoms with Crippen molar-refractivity contribution >= 4 is 5.91 Å². The molecule has 4 heteroatoms. The molecule has 0 fully saturated rings. The maximum absolute atomic E-state index is 12.3. The molecule has 0 saturated carbocycles. The van der Waals surface area contributed by atoms with Crippen molar-refractivity contribution in [3.05, 3.63) is 59.2 Å². The van der Waals surface area contributed by atoms with Gasteiger partial charge in [0, 0.05) is 6.54 Å². The van der Waals surface area contributed by atoms with Crippen molar-refractivity contribution in [1.29, 1.82) is 0 Å².